The third-order valence-corrected chi connectivity index (χ3v) is 3.95. The van der Waals surface area contributed by atoms with Crippen LogP contribution in [0.3, 0.4) is 0 Å². The summed E-state index contributed by atoms with van der Waals surface area (Å²) in [5, 5.41) is 2.85. The lowest BCUT2D eigenvalue weighted by Gasteiger charge is -2.48. The van der Waals surface area contributed by atoms with E-state index in [1.807, 2.05) is 6.92 Å². The van der Waals surface area contributed by atoms with Crippen molar-refractivity contribution < 1.29 is 14.3 Å². The second-order valence-electron chi connectivity index (χ2n) is 6.62. The SMILES string of the molecule is CCC1(C)NC(=O)C(C)(C)N(CCOCC(C)C)C1=O. The van der Waals surface area contributed by atoms with Crippen molar-refractivity contribution in [1.29, 1.82) is 0 Å². The van der Waals surface area contributed by atoms with E-state index >= 15 is 0 Å². The lowest BCUT2D eigenvalue weighted by atomic mass is 9.87. The molecule has 20 heavy (non-hydrogen) atoms. The molecule has 2 amide bonds. The molecule has 0 saturated carbocycles. The molecule has 1 unspecified atom stereocenters. The number of hydrogen-bond donors (Lipinski definition) is 1. The Kier molecular flexibility index (Phi) is 5.19. The van der Waals surface area contributed by atoms with Gasteiger partial charge in [-0.15, -0.1) is 0 Å². The highest BCUT2D eigenvalue weighted by Crippen LogP contribution is 2.27. The zero-order valence-corrected chi connectivity index (χ0v) is 13.6. The highest BCUT2D eigenvalue weighted by atomic mass is 16.5. The quantitative estimate of drug-likeness (QED) is 0.753. The van der Waals surface area contributed by atoms with Crippen molar-refractivity contribution in [2.75, 3.05) is 19.8 Å². The third kappa shape index (κ3) is 3.32. The largest absolute Gasteiger partial charge is 0.379 e. The van der Waals surface area contributed by atoms with Gasteiger partial charge in [-0.05, 0) is 33.1 Å². The van der Waals surface area contributed by atoms with Crippen molar-refractivity contribution >= 4 is 11.8 Å². The maximum Gasteiger partial charge on any atom is 0.248 e. The minimum Gasteiger partial charge on any atom is -0.379 e. The predicted molar refractivity (Wildman–Crippen MR) is 78.3 cm³/mol. The summed E-state index contributed by atoms with van der Waals surface area (Å²) in [7, 11) is 0. The second-order valence-corrected chi connectivity index (χ2v) is 6.62. The summed E-state index contributed by atoms with van der Waals surface area (Å²) in [5.74, 6) is 0.326. The zero-order valence-electron chi connectivity index (χ0n) is 13.6. The van der Waals surface area contributed by atoms with Crippen LogP contribution in [0.15, 0.2) is 0 Å². The van der Waals surface area contributed by atoms with Gasteiger partial charge in [0.05, 0.1) is 6.61 Å². The average Bonchev–Trinajstić information content (AvgIpc) is 2.35. The average molecular weight is 284 g/mol. The predicted octanol–water partition coefficient (Wildman–Crippen LogP) is 1.56. The Balaban J connectivity index is 2.77. The van der Waals surface area contributed by atoms with Gasteiger partial charge in [0, 0.05) is 13.2 Å². The van der Waals surface area contributed by atoms with E-state index in [9.17, 15) is 9.59 Å². The van der Waals surface area contributed by atoms with Gasteiger partial charge in [0.2, 0.25) is 11.8 Å². The topological polar surface area (TPSA) is 58.6 Å². The molecule has 0 aromatic carbocycles. The highest BCUT2D eigenvalue weighted by Gasteiger charge is 2.51. The molecule has 116 valence electrons. The molecule has 0 aliphatic carbocycles. The van der Waals surface area contributed by atoms with E-state index in [1.54, 1.807) is 25.7 Å². The van der Waals surface area contributed by atoms with Gasteiger partial charge in [0.25, 0.3) is 0 Å². The van der Waals surface area contributed by atoms with Crippen molar-refractivity contribution in [1.82, 2.24) is 10.2 Å². The number of rotatable bonds is 6. The molecule has 0 aromatic heterocycles. The fraction of sp³-hybridized carbons (Fsp3) is 0.867. The third-order valence-electron chi connectivity index (χ3n) is 3.95. The van der Waals surface area contributed by atoms with E-state index in [0.717, 1.165) is 0 Å². The van der Waals surface area contributed by atoms with E-state index in [2.05, 4.69) is 19.2 Å². The van der Waals surface area contributed by atoms with Gasteiger partial charge in [-0.1, -0.05) is 20.8 Å². The molecule has 1 aliphatic heterocycles. The Hall–Kier alpha value is -1.10. The Morgan fingerprint density at radius 2 is 1.85 bits per heavy atom. The lowest BCUT2D eigenvalue weighted by Crippen LogP contribution is -2.73. The molecule has 1 N–H and O–H groups in total. The fourth-order valence-corrected chi connectivity index (χ4v) is 2.23. The first-order chi connectivity index (χ1) is 9.15. The normalized spacial score (nSPS) is 26.1. The van der Waals surface area contributed by atoms with Gasteiger partial charge < -0.3 is 15.0 Å². The molecule has 1 fully saturated rings. The minimum atomic E-state index is -0.826. The van der Waals surface area contributed by atoms with Crippen LogP contribution in [0.25, 0.3) is 0 Å². The Morgan fingerprint density at radius 3 is 2.35 bits per heavy atom. The number of carbonyl (C=O) groups excluding carboxylic acids is 2. The molecule has 1 rings (SSSR count). The van der Waals surface area contributed by atoms with Crippen LogP contribution in [0, 0.1) is 5.92 Å². The number of nitrogens with one attached hydrogen (secondary N) is 1. The van der Waals surface area contributed by atoms with Crippen LogP contribution in [0.4, 0.5) is 0 Å². The number of carbonyl (C=O) groups is 2. The Morgan fingerprint density at radius 1 is 1.25 bits per heavy atom. The number of amides is 2. The molecule has 0 spiro atoms. The first-order valence-corrected chi connectivity index (χ1v) is 7.37. The van der Waals surface area contributed by atoms with Gasteiger partial charge in [-0.3, -0.25) is 9.59 Å². The molecule has 5 nitrogen and oxygen atoms in total. The van der Waals surface area contributed by atoms with Crippen LogP contribution < -0.4 is 5.32 Å². The highest BCUT2D eigenvalue weighted by molar-refractivity contribution is 6.01. The van der Waals surface area contributed by atoms with Gasteiger partial charge in [0.1, 0.15) is 11.1 Å². The first-order valence-electron chi connectivity index (χ1n) is 7.37. The van der Waals surface area contributed by atoms with Crippen molar-refractivity contribution in [3.63, 3.8) is 0 Å². The molecule has 0 bridgehead atoms. The van der Waals surface area contributed by atoms with Crippen molar-refractivity contribution in [2.24, 2.45) is 5.92 Å². The lowest BCUT2D eigenvalue weighted by molar-refractivity contribution is -0.161. The summed E-state index contributed by atoms with van der Waals surface area (Å²) in [5.41, 5.74) is -1.63. The van der Waals surface area contributed by atoms with Gasteiger partial charge in [-0.25, -0.2) is 0 Å². The van der Waals surface area contributed by atoms with E-state index in [-0.39, 0.29) is 11.8 Å². The number of piperazine rings is 1. The summed E-state index contributed by atoms with van der Waals surface area (Å²) in [6.07, 6.45) is 0.580. The molecule has 1 aliphatic rings. The molecule has 1 atom stereocenters. The number of hydrogen-bond acceptors (Lipinski definition) is 3. The van der Waals surface area contributed by atoms with Gasteiger partial charge in [-0.2, -0.15) is 0 Å². The van der Waals surface area contributed by atoms with Crippen LogP contribution >= 0.6 is 0 Å². The Bertz CT molecular complexity index is 379. The van der Waals surface area contributed by atoms with Crippen molar-refractivity contribution in [3.05, 3.63) is 0 Å². The van der Waals surface area contributed by atoms with Gasteiger partial charge >= 0.3 is 0 Å². The summed E-state index contributed by atoms with van der Waals surface area (Å²) >= 11 is 0. The standard InChI is InChI=1S/C15H28N2O3/c1-7-15(6)13(19)17(8-9-20-10-11(2)3)14(4,5)12(18)16-15/h11H,7-10H2,1-6H3,(H,16,18). The molecular formula is C15H28N2O3. The van der Waals surface area contributed by atoms with E-state index < -0.39 is 11.1 Å². The molecule has 5 heteroatoms. The van der Waals surface area contributed by atoms with Crippen molar-refractivity contribution in [2.45, 2.75) is 59.0 Å². The molecule has 1 heterocycles. The summed E-state index contributed by atoms with van der Waals surface area (Å²) in [6.45, 7) is 13.0. The number of nitrogens with zero attached hydrogens (tertiary/aromatic N) is 1. The fourth-order valence-electron chi connectivity index (χ4n) is 2.23. The molecule has 0 radical (unpaired) electrons. The summed E-state index contributed by atoms with van der Waals surface area (Å²) < 4.78 is 5.55. The molecular weight excluding hydrogens is 256 g/mol. The van der Waals surface area contributed by atoms with Crippen LogP contribution in [0.5, 0.6) is 0 Å². The van der Waals surface area contributed by atoms with Crippen LogP contribution in [-0.2, 0) is 14.3 Å². The summed E-state index contributed by atoms with van der Waals surface area (Å²) in [4.78, 5) is 26.5. The summed E-state index contributed by atoms with van der Waals surface area (Å²) in [6, 6.07) is 0. The van der Waals surface area contributed by atoms with E-state index in [0.29, 0.717) is 32.1 Å². The van der Waals surface area contributed by atoms with Gasteiger partial charge in [0.15, 0.2) is 0 Å². The van der Waals surface area contributed by atoms with Crippen LogP contribution in [0.1, 0.15) is 48.0 Å². The number of ether oxygens (including phenoxy) is 1. The zero-order chi connectivity index (χ0) is 15.6. The molecule has 1 saturated heterocycles. The maximum absolute atomic E-state index is 12.6. The molecule has 0 aromatic rings. The smallest absolute Gasteiger partial charge is 0.248 e. The monoisotopic (exact) mass is 284 g/mol. The van der Waals surface area contributed by atoms with Crippen LogP contribution in [0.2, 0.25) is 0 Å². The second kappa shape index (κ2) is 6.12. The van der Waals surface area contributed by atoms with Crippen LogP contribution in [-0.4, -0.2) is 47.6 Å². The minimum absolute atomic E-state index is 0.0299. The van der Waals surface area contributed by atoms with E-state index in [1.165, 1.54) is 0 Å². The van der Waals surface area contributed by atoms with E-state index in [4.69, 9.17) is 4.74 Å². The maximum atomic E-state index is 12.6. The Labute approximate surface area is 122 Å². The first kappa shape index (κ1) is 17.0. The van der Waals surface area contributed by atoms with Crippen molar-refractivity contribution in [3.8, 4) is 0 Å².